The fourth-order valence-electron chi connectivity index (χ4n) is 1.77. The second-order valence-corrected chi connectivity index (χ2v) is 5.75. The molecule has 0 saturated carbocycles. The lowest BCUT2D eigenvalue weighted by molar-refractivity contribution is 0.412. The zero-order valence-electron chi connectivity index (χ0n) is 10.2. The van der Waals surface area contributed by atoms with E-state index in [2.05, 4.69) is 31.9 Å². The molecule has 2 nitrogen and oxygen atoms in total. The summed E-state index contributed by atoms with van der Waals surface area (Å²) in [6.07, 6.45) is 0. The Morgan fingerprint density at radius 2 is 1.63 bits per heavy atom. The summed E-state index contributed by atoms with van der Waals surface area (Å²) in [5.41, 5.74) is 7.95. The Morgan fingerprint density at radius 1 is 1.05 bits per heavy atom. The molecule has 0 aliphatic carbocycles. The van der Waals surface area contributed by atoms with Crippen molar-refractivity contribution in [2.75, 3.05) is 7.11 Å². The predicted molar refractivity (Wildman–Crippen MR) is 80.8 cm³/mol. The van der Waals surface area contributed by atoms with E-state index in [1.165, 1.54) is 6.07 Å². The SMILES string of the molecule is COc1ccc(C(N)c2ccc(F)c(Br)c2)cc1Br. The molecule has 0 spiro atoms. The van der Waals surface area contributed by atoms with Crippen LogP contribution in [-0.2, 0) is 0 Å². The second kappa shape index (κ2) is 6.03. The van der Waals surface area contributed by atoms with Crippen LogP contribution in [0, 0.1) is 5.82 Å². The molecule has 0 saturated heterocycles. The summed E-state index contributed by atoms with van der Waals surface area (Å²) >= 11 is 6.59. The smallest absolute Gasteiger partial charge is 0.137 e. The first-order valence-electron chi connectivity index (χ1n) is 5.57. The van der Waals surface area contributed by atoms with Crippen molar-refractivity contribution >= 4 is 31.9 Å². The minimum Gasteiger partial charge on any atom is -0.496 e. The average Bonchev–Trinajstić information content (AvgIpc) is 2.41. The highest BCUT2D eigenvalue weighted by atomic mass is 79.9. The molecule has 1 unspecified atom stereocenters. The Labute approximate surface area is 128 Å². The van der Waals surface area contributed by atoms with Gasteiger partial charge < -0.3 is 10.5 Å². The molecule has 2 aromatic rings. The van der Waals surface area contributed by atoms with Crippen LogP contribution < -0.4 is 10.5 Å². The quantitative estimate of drug-likeness (QED) is 0.845. The molecule has 0 aromatic heterocycles. The van der Waals surface area contributed by atoms with Crippen LogP contribution in [0.2, 0.25) is 0 Å². The molecule has 0 aliphatic rings. The normalized spacial score (nSPS) is 12.3. The molecule has 0 bridgehead atoms. The van der Waals surface area contributed by atoms with E-state index in [4.69, 9.17) is 10.5 Å². The van der Waals surface area contributed by atoms with Gasteiger partial charge in [0.15, 0.2) is 0 Å². The van der Waals surface area contributed by atoms with Crippen LogP contribution in [0.5, 0.6) is 5.75 Å². The maximum absolute atomic E-state index is 13.2. The largest absolute Gasteiger partial charge is 0.496 e. The summed E-state index contributed by atoms with van der Waals surface area (Å²) in [4.78, 5) is 0. The summed E-state index contributed by atoms with van der Waals surface area (Å²) < 4.78 is 19.6. The maximum Gasteiger partial charge on any atom is 0.137 e. The second-order valence-electron chi connectivity index (χ2n) is 4.05. The molecule has 2 aromatic carbocycles. The number of rotatable bonds is 3. The third-order valence-electron chi connectivity index (χ3n) is 2.84. The molecule has 5 heteroatoms. The molecule has 0 fully saturated rings. The van der Waals surface area contributed by atoms with E-state index in [0.717, 1.165) is 21.3 Å². The number of ether oxygens (including phenoxy) is 1. The fraction of sp³-hybridized carbons (Fsp3) is 0.143. The molecule has 2 rings (SSSR count). The van der Waals surface area contributed by atoms with Crippen molar-refractivity contribution in [3.05, 3.63) is 62.3 Å². The van der Waals surface area contributed by atoms with Gasteiger partial charge in [-0.2, -0.15) is 0 Å². The summed E-state index contributed by atoms with van der Waals surface area (Å²) in [6, 6.07) is 10.1. The molecular formula is C14H12Br2FNO. The van der Waals surface area contributed by atoms with Crippen LogP contribution in [0.3, 0.4) is 0 Å². The lowest BCUT2D eigenvalue weighted by Crippen LogP contribution is -2.12. The number of halogens is 3. The first-order chi connectivity index (χ1) is 9.02. The van der Waals surface area contributed by atoms with Gasteiger partial charge >= 0.3 is 0 Å². The van der Waals surface area contributed by atoms with E-state index in [-0.39, 0.29) is 11.9 Å². The Kier molecular flexibility index (Phi) is 4.60. The minimum absolute atomic E-state index is 0.299. The Hall–Kier alpha value is -0.910. The van der Waals surface area contributed by atoms with E-state index in [9.17, 15) is 4.39 Å². The number of methoxy groups -OCH3 is 1. The maximum atomic E-state index is 13.2. The van der Waals surface area contributed by atoms with Gasteiger partial charge in [-0.3, -0.25) is 0 Å². The molecule has 0 amide bonds. The van der Waals surface area contributed by atoms with E-state index >= 15 is 0 Å². The van der Waals surface area contributed by atoms with Crippen molar-refractivity contribution in [2.45, 2.75) is 6.04 Å². The van der Waals surface area contributed by atoms with Gasteiger partial charge in [-0.25, -0.2) is 4.39 Å². The van der Waals surface area contributed by atoms with Gasteiger partial charge in [-0.1, -0.05) is 12.1 Å². The van der Waals surface area contributed by atoms with Crippen molar-refractivity contribution in [2.24, 2.45) is 5.73 Å². The van der Waals surface area contributed by atoms with Gasteiger partial charge in [0, 0.05) is 0 Å². The van der Waals surface area contributed by atoms with Crippen molar-refractivity contribution in [1.82, 2.24) is 0 Å². The molecule has 2 N–H and O–H groups in total. The van der Waals surface area contributed by atoms with Gasteiger partial charge in [0.1, 0.15) is 11.6 Å². The van der Waals surface area contributed by atoms with Crippen molar-refractivity contribution < 1.29 is 9.13 Å². The highest BCUT2D eigenvalue weighted by Crippen LogP contribution is 2.30. The van der Waals surface area contributed by atoms with Crippen LogP contribution in [0.4, 0.5) is 4.39 Å². The number of hydrogen-bond donors (Lipinski definition) is 1. The standard InChI is InChI=1S/C14H12Br2FNO/c1-19-13-5-3-9(7-11(13)16)14(18)8-2-4-12(17)10(15)6-8/h2-7,14H,18H2,1H3. The van der Waals surface area contributed by atoms with Crippen molar-refractivity contribution in [3.8, 4) is 5.75 Å². The Morgan fingerprint density at radius 3 is 2.16 bits per heavy atom. The topological polar surface area (TPSA) is 35.2 Å². The zero-order chi connectivity index (χ0) is 14.0. The van der Waals surface area contributed by atoms with Crippen LogP contribution in [-0.4, -0.2) is 7.11 Å². The third-order valence-corrected chi connectivity index (χ3v) is 4.07. The van der Waals surface area contributed by atoms with Crippen LogP contribution in [0.1, 0.15) is 17.2 Å². The molecule has 0 aliphatic heterocycles. The van der Waals surface area contributed by atoms with Crippen LogP contribution in [0.25, 0.3) is 0 Å². The summed E-state index contributed by atoms with van der Waals surface area (Å²) in [6.45, 7) is 0. The first-order valence-corrected chi connectivity index (χ1v) is 7.15. The van der Waals surface area contributed by atoms with Gasteiger partial charge in [-0.15, -0.1) is 0 Å². The fourth-order valence-corrected chi connectivity index (χ4v) is 2.73. The van der Waals surface area contributed by atoms with E-state index < -0.39 is 0 Å². The predicted octanol–water partition coefficient (Wildman–Crippen LogP) is 4.41. The van der Waals surface area contributed by atoms with Crippen LogP contribution in [0.15, 0.2) is 45.3 Å². The van der Waals surface area contributed by atoms with Gasteiger partial charge in [0.2, 0.25) is 0 Å². The molecular weight excluding hydrogens is 377 g/mol. The van der Waals surface area contributed by atoms with E-state index in [0.29, 0.717) is 4.47 Å². The molecule has 1 atom stereocenters. The Bertz CT molecular complexity index is 604. The summed E-state index contributed by atoms with van der Waals surface area (Å²) in [5, 5.41) is 0. The number of benzene rings is 2. The summed E-state index contributed by atoms with van der Waals surface area (Å²) in [7, 11) is 1.61. The number of hydrogen-bond acceptors (Lipinski definition) is 2. The number of nitrogens with two attached hydrogens (primary N) is 1. The highest BCUT2D eigenvalue weighted by Gasteiger charge is 2.12. The lowest BCUT2D eigenvalue weighted by atomic mass is 9.99. The van der Waals surface area contributed by atoms with Crippen molar-refractivity contribution in [3.63, 3.8) is 0 Å². The Balaban J connectivity index is 2.35. The van der Waals surface area contributed by atoms with Crippen LogP contribution >= 0.6 is 31.9 Å². The van der Waals surface area contributed by atoms with E-state index in [1.54, 1.807) is 19.2 Å². The average molecular weight is 389 g/mol. The van der Waals surface area contributed by atoms with Gasteiger partial charge in [-0.05, 0) is 67.3 Å². The summed E-state index contributed by atoms with van der Waals surface area (Å²) in [5.74, 6) is 0.447. The molecule has 0 radical (unpaired) electrons. The van der Waals surface area contributed by atoms with Crippen molar-refractivity contribution in [1.29, 1.82) is 0 Å². The monoisotopic (exact) mass is 387 g/mol. The van der Waals surface area contributed by atoms with Gasteiger partial charge in [0.05, 0.1) is 22.1 Å². The zero-order valence-corrected chi connectivity index (χ0v) is 13.3. The minimum atomic E-state index is -0.320. The molecule has 19 heavy (non-hydrogen) atoms. The molecule has 0 heterocycles. The van der Waals surface area contributed by atoms with E-state index in [1.807, 2.05) is 18.2 Å². The highest BCUT2D eigenvalue weighted by molar-refractivity contribution is 9.10. The first kappa shape index (κ1) is 14.5. The lowest BCUT2D eigenvalue weighted by Gasteiger charge is -2.14. The molecule has 100 valence electrons. The van der Waals surface area contributed by atoms with Gasteiger partial charge in [0.25, 0.3) is 0 Å². The third kappa shape index (κ3) is 3.16.